The van der Waals surface area contributed by atoms with Crippen molar-refractivity contribution < 1.29 is 26.3 Å². The zero-order valence-corrected chi connectivity index (χ0v) is 8.61. The fourth-order valence-electron chi connectivity index (χ4n) is 0.885. The molecule has 89 valence electrons. The summed E-state index contributed by atoms with van der Waals surface area (Å²) in [5, 5.41) is -1.66. The average molecular weight is 282 g/mol. The fourth-order valence-corrected chi connectivity index (χ4v) is 1.34. The van der Waals surface area contributed by atoms with Gasteiger partial charge in [-0.25, -0.2) is 4.39 Å². The van der Waals surface area contributed by atoms with Crippen LogP contribution in [0.25, 0.3) is 0 Å². The van der Waals surface area contributed by atoms with Gasteiger partial charge in [-0.2, -0.15) is 22.0 Å². The van der Waals surface area contributed by atoms with Gasteiger partial charge in [0.15, 0.2) is 5.82 Å². The Morgan fingerprint density at radius 3 is 2.00 bits per heavy atom. The van der Waals surface area contributed by atoms with Gasteiger partial charge in [0.25, 0.3) is 0 Å². The summed E-state index contributed by atoms with van der Waals surface area (Å²) in [6.07, 6.45) is -5.93. The molecule has 0 saturated heterocycles. The van der Waals surface area contributed by atoms with Gasteiger partial charge >= 0.3 is 12.1 Å². The van der Waals surface area contributed by atoms with Crippen LogP contribution in [0.1, 0.15) is 5.56 Å². The Morgan fingerprint density at radius 1 is 1.06 bits per heavy atom. The SMILES string of the molecule is Fc1c(Cl)[c]c(Cl)cc1C(F)(F)C(F)(F)F. The van der Waals surface area contributed by atoms with Crippen molar-refractivity contribution in [3.63, 3.8) is 0 Å². The lowest BCUT2D eigenvalue weighted by molar-refractivity contribution is -0.290. The molecule has 1 aromatic carbocycles. The van der Waals surface area contributed by atoms with Crippen LogP contribution < -0.4 is 0 Å². The second-order valence-electron chi connectivity index (χ2n) is 2.73. The molecule has 0 unspecified atom stereocenters. The van der Waals surface area contributed by atoms with E-state index in [-0.39, 0.29) is 6.07 Å². The summed E-state index contributed by atoms with van der Waals surface area (Å²) in [5.74, 6) is -7.26. The maximum atomic E-state index is 13.0. The lowest BCUT2D eigenvalue weighted by Crippen LogP contribution is -2.34. The van der Waals surface area contributed by atoms with Gasteiger partial charge in [-0.3, -0.25) is 0 Å². The summed E-state index contributed by atoms with van der Waals surface area (Å²) in [5.41, 5.74) is -1.92. The number of alkyl halides is 5. The molecule has 0 atom stereocenters. The molecule has 0 aliphatic heterocycles. The predicted molar refractivity (Wildman–Crippen MR) is 45.2 cm³/mol. The Balaban J connectivity index is 3.44. The summed E-state index contributed by atoms with van der Waals surface area (Å²) < 4.78 is 74.4. The van der Waals surface area contributed by atoms with E-state index in [0.717, 1.165) is 0 Å². The first-order chi connectivity index (χ1) is 7.07. The Hall–Kier alpha value is -0.620. The van der Waals surface area contributed by atoms with E-state index >= 15 is 0 Å². The number of benzene rings is 1. The number of rotatable bonds is 1. The fraction of sp³-hybridized carbons (Fsp3) is 0.250. The van der Waals surface area contributed by atoms with E-state index < -0.39 is 33.5 Å². The van der Waals surface area contributed by atoms with Gasteiger partial charge in [-0.1, -0.05) is 23.2 Å². The molecule has 0 aliphatic rings. The highest BCUT2D eigenvalue weighted by Gasteiger charge is 2.60. The lowest BCUT2D eigenvalue weighted by Gasteiger charge is -2.20. The first-order valence-corrected chi connectivity index (χ1v) is 4.35. The van der Waals surface area contributed by atoms with Crippen LogP contribution >= 0.6 is 23.2 Å². The molecule has 16 heavy (non-hydrogen) atoms. The molecular formula is C8HCl2F6. The molecule has 0 saturated carbocycles. The van der Waals surface area contributed by atoms with Crippen molar-refractivity contribution >= 4 is 23.2 Å². The van der Waals surface area contributed by atoms with Crippen molar-refractivity contribution in [2.75, 3.05) is 0 Å². The minimum atomic E-state index is -5.93. The minimum Gasteiger partial charge on any atom is -0.205 e. The van der Waals surface area contributed by atoms with E-state index in [9.17, 15) is 26.3 Å². The molecule has 0 aliphatic carbocycles. The summed E-state index contributed by atoms with van der Waals surface area (Å²) in [6.45, 7) is 0. The third kappa shape index (κ3) is 2.22. The second kappa shape index (κ2) is 4.00. The predicted octanol–water partition coefficient (Wildman–Crippen LogP) is 4.59. The molecule has 1 rings (SSSR count). The highest BCUT2D eigenvalue weighted by Crippen LogP contribution is 2.46. The Labute approximate surface area is 95.8 Å². The molecule has 0 spiro atoms. The van der Waals surface area contributed by atoms with E-state index in [1.165, 1.54) is 0 Å². The van der Waals surface area contributed by atoms with Gasteiger partial charge in [0, 0.05) is 6.07 Å². The third-order valence-electron chi connectivity index (χ3n) is 1.62. The molecule has 0 nitrogen and oxygen atoms in total. The van der Waals surface area contributed by atoms with Gasteiger partial charge < -0.3 is 0 Å². The molecule has 8 heteroatoms. The van der Waals surface area contributed by atoms with Gasteiger partial charge in [-0.15, -0.1) is 0 Å². The van der Waals surface area contributed by atoms with Crippen molar-refractivity contribution in [2.24, 2.45) is 0 Å². The molecule has 1 radical (unpaired) electrons. The average Bonchev–Trinajstić information content (AvgIpc) is 2.09. The Kier molecular flexibility index (Phi) is 3.36. The summed E-state index contributed by atoms with van der Waals surface area (Å²) in [6, 6.07) is 1.99. The number of halogens is 8. The van der Waals surface area contributed by atoms with Crippen molar-refractivity contribution in [3.8, 4) is 0 Å². The van der Waals surface area contributed by atoms with Crippen LogP contribution in [-0.4, -0.2) is 6.18 Å². The molecule has 0 bridgehead atoms. The Bertz CT molecular complexity index is 412. The van der Waals surface area contributed by atoms with E-state index in [1.54, 1.807) is 0 Å². The van der Waals surface area contributed by atoms with Gasteiger partial charge in [0.2, 0.25) is 0 Å². The van der Waals surface area contributed by atoms with E-state index in [0.29, 0.717) is 0 Å². The molecule has 1 aromatic rings. The lowest BCUT2D eigenvalue weighted by atomic mass is 10.1. The smallest absolute Gasteiger partial charge is 0.205 e. The Morgan fingerprint density at radius 2 is 1.56 bits per heavy atom. The van der Waals surface area contributed by atoms with Gasteiger partial charge in [-0.05, 0) is 6.07 Å². The van der Waals surface area contributed by atoms with Crippen LogP contribution in [0.15, 0.2) is 6.07 Å². The third-order valence-corrected chi connectivity index (χ3v) is 2.09. The van der Waals surface area contributed by atoms with Gasteiger partial charge in [0.05, 0.1) is 15.6 Å². The van der Waals surface area contributed by atoms with Crippen LogP contribution in [0.5, 0.6) is 0 Å². The van der Waals surface area contributed by atoms with E-state index in [1.807, 2.05) is 6.07 Å². The molecule has 0 amide bonds. The maximum absolute atomic E-state index is 13.0. The molecule has 0 aromatic heterocycles. The van der Waals surface area contributed by atoms with E-state index in [2.05, 4.69) is 0 Å². The van der Waals surface area contributed by atoms with Crippen LogP contribution in [0.4, 0.5) is 26.3 Å². The van der Waals surface area contributed by atoms with Gasteiger partial charge in [0.1, 0.15) is 0 Å². The zero-order valence-electron chi connectivity index (χ0n) is 7.10. The number of hydrogen-bond acceptors (Lipinski definition) is 0. The molecular weight excluding hydrogens is 281 g/mol. The van der Waals surface area contributed by atoms with Crippen molar-refractivity contribution in [1.82, 2.24) is 0 Å². The van der Waals surface area contributed by atoms with Crippen LogP contribution in [0.2, 0.25) is 10.0 Å². The normalized spacial score (nSPS) is 13.0. The summed E-state index contributed by atoms with van der Waals surface area (Å²) in [4.78, 5) is 0. The van der Waals surface area contributed by atoms with Crippen molar-refractivity contribution in [3.05, 3.63) is 33.6 Å². The standard InChI is InChI=1S/C8HCl2F6/c9-3-1-4(6(11)5(10)2-3)7(12,13)8(14,15)16/h1H. The van der Waals surface area contributed by atoms with Crippen LogP contribution in [0.3, 0.4) is 0 Å². The van der Waals surface area contributed by atoms with Crippen LogP contribution in [0, 0.1) is 11.9 Å². The zero-order chi connectivity index (χ0) is 12.7. The quantitative estimate of drug-likeness (QED) is 0.522. The minimum absolute atomic E-state index is 0.135. The van der Waals surface area contributed by atoms with Crippen molar-refractivity contribution in [1.29, 1.82) is 0 Å². The monoisotopic (exact) mass is 281 g/mol. The molecule has 0 N–H and O–H groups in total. The summed E-state index contributed by atoms with van der Waals surface area (Å²) in [7, 11) is 0. The highest BCUT2D eigenvalue weighted by molar-refractivity contribution is 6.34. The topological polar surface area (TPSA) is 0 Å². The van der Waals surface area contributed by atoms with E-state index in [4.69, 9.17) is 23.2 Å². The first-order valence-electron chi connectivity index (χ1n) is 3.59. The summed E-state index contributed by atoms with van der Waals surface area (Å²) >= 11 is 10.2. The second-order valence-corrected chi connectivity index (χ2v) is 3.52. The maximum Gasteiger partial charge on any atom is 0.458 e. The van der Waals surface area contributed by atoms with Crippen molar-refractivity contribution in [2.45, 2.75) is 12.1 Å². The van der Waals surface area contributed by atoms with Crippen LogP contribution in [-0.2, 0) is 5.92 Å². The first kappa shape index (κ1) is 13.4. The number of hydrogen-bond donors (Lipinski definition) is 0. The molecule has 0 fully saturated rings. The molecule has 0 heterocycles. The largest absolute Gasteiger partial charge is 0.458 e. The highest BCUT2D eigenvalue weighted by atomic mass is 35.5.